The average Bonchev–Trinajstić information content (AvgIpc) is 2.98. The topological polar surface area (TPSA) is 55.5 Å². The number of aromatic nitrogens is 1. The van der Waals surface area contributed by atoms with Crippen LogP contribution in [-0.2, 0) is 0 Å². The third kappa shape index (κ3) is 4.07. The van der Waals surface area contributed by atoms with Crippen LogP contribution in [0.3, 0.4) is 0 Å². The molecule has 5 heteroatoms. The van der Waals surface area contributed by atoms with Crippen molar-refractivity contribution in [2.24, 2.45) is 0 Å². The maximum Gasteiger partial charge on any atom is 0.170 e. The Hall–Kier alpha value is -2.40. The molecule has 0 bridgehead atoms. The van der Waals surface area contributed by atoms with Gasteiger partial charge in [-0.25, -0.2) is 4.39 Å². The van der Waals surface area contributed by atoms with Crippen LogP contribution in [0, 0.1) is 5.82 Å². The SMILES string of the molecule is CC.CC(O)COc1ccc(-c2noc3cc(F)ccc23)cc1. The first-order valence-corrected chi connectivity index (χ1v) is 7.60. The summed E-state index contributed by atoms with van der Waals surface area (Å²) in [6.07, 6.45) is -0.515. The molecule has 3 aromatic rings. The molecule has 23 heavy (non-hydrogen) atoms. The average molecular weight is 317 g/mol. The van der Waals surface area contributed by atoms with Crippen molar-refractivity contribution in [1.29, 1.82) is 0 Å². The summed E-state index contributed by atoms with van der Waals surface area (Å²) in [5.74, 6) is 0.311. The van der Waals surface area contributed by atoms with Crippen LogP contribution in [0.2, 0.25) is 0 Å². The van der Waals surface area contributed by atoms with E-state index in [2.05, 4.69) is 5.16 Å². The second-order valence-corrected chi connectivity index (χ2v) is 4.86. The van der Waals surface area contributed by atoms with Crippen LogP contribution in [0.15, 0.2) is 47.0 Å². The van der Waals surface area contributed by atoms with E-state index in [1.54, 1.807) is 25.1 Å². The third-order valence-electron chi connectivity index (χ3n) is 3.05. The van der Waals surface area contributed by atoms with E-state index in [1.807, 2.05) is 26.0 Å². The Labute approximate surface area is 134 Å². The van der Waals surface area contributed by atoms with Crippen molar-refractivity contribution >= 4 is 11.0 Å². The number of hydrogen-bond acceptors (Lipinski definition) is 4. The minimum absolute atomic E-state index is 0.242. The highest BCUT2D eigenvalue weighted by molar-refractivity contribution is 5.91. The van der Waals surface area contributed by atoms with Gasteiger partial charge in [0.1, 0.15) is 23.9 Å². The van der Waals surface area contributed by atoms with Crippen LogP contribution in [0.4, 0.5) is 4.39 Å². The molecule has 1 unspecified atom stereocenters. The molecule has 0 aliphatic heterocycles. The fourth-order valence-electron chi connectivity index (χ4n) is 2.05. The molecule has 0 aliphatic rings. The Kier molecular flexibility index (Phi) is 5.71. The van der Waals surface area contributed by atoms with Crippen LogP contribution in [-0.4, -0.2) is 23.0 Å². The minimum Gasteiger partial charge on any atom is -0.491 e. The van der Waals surface area contributed by atoms with Crippen LogP contribution >= 0.6 is 0 Å². The van der Waals surface area contributed by atoms with Gasteiger partial charge in [0.2, 0.25) is 0 Å². The lowest BCUT2D eigenvalue weighted by Gasteiger charge is -2.08. The Morgan fingerprint density at radius 2 is 1.87 bits per heavy atom. The summed E-state index contributed by atoms with van der Waals surface area (Å²) in [5, 5.41) is 13.9. The van der Waals surface area contributed by atoms with Gasteiger partial charge >= 0.3 is 0 Å². The molecule has 0 radical (unpaired) electrons. The molecule has 0 saturated carbocycles. The van der Waals surface area contributed by atoms with E-state index >= 15 is 0 Å². The molecule has 0 aliphatic carbocycles. The Bertz CT molecular complexity index is 751. The number of fused-ring (bicyclic) bond motifs is 1. The Morgan fingerprint density at radius 1 is 1.17 bits per heavy atom. The van der Waals surface area contributed by atoms with Crippen LogP contribution in [0.25, 0.3) is 22.2 Å². The van der Waals surface area contributed by atoms with Crippen molar-refractivity contribution in [2.45, 2.75) is 26.9 Å². The molecule has 1 N–H and O–H groups in total. The summed E-state index contributed by atoms with van der Waals surface area (Å²) in [6, 6.07) is 11.6. The first-order valence-electron chi connectivity index (χ1n) is 7.60. The van der Waals surface area contributed by atoms with Gasteiger partial charge in [0.15, 0.2) is 5.58 Å². The van der Waals surface area contributed by atoms with Crippen molar-refractivity contribution < 1.29 is 18.8 Å². The van der Waals surface area contributed by atoms with Crippen molar-refractivity contribution in [3.63, 3.8) is 0 Å². The summed E-state index contributed by atoms with van der Waals surface area (Å²) in [4.78, 5) is 0. The number of ether oxygens (including phenoxy) is 1. The van der Waals surface area contributed by atoms with Gasteiger partial charge in [-0.2, -0.15) is 0 Å². The lowest BCUT2D eigenvalue weighted by Crippen LogP contribution is -2.12. The molecule has 0 amide bonds. The molecule has 1 heterocycles. The van der Waals surface area contributed by atoms with Crippen LogP contribution in [0.1, 0.15) is 20.8 Å². The maximum absolute atomic E-state index is 13.1. The monoisotopic (exact) mass is 317 g/mol. The molecule has 4 nitrogen and oxygen atoms in total. The Morgan fingerprint density at radius 3 is 2.52 bits per heavy atom. The molecular weight excluding hydrogens is 297 g/mol. The largest absolute Gasteiger partial charge is 0.491 e. The zero-order valence-corrected chi connectivity index (χ0v) is 13.4. The van der Waals surface area contributed by atoms with Gasteiger partial charge in [0.05, 0.1) is 6.10 Å². The normalized spacial score (nSPS) is 11.7. The zero-order valence-electron chi connectivity index (χ0n) is 13.4. The minimum atomic E-state index is -0.515. The third-order valence-corrected chi connectivity index (χ3v) is 3.05. The van der Waals surface area contributed by atoms with E-state index in [1.165, 1.54) is 12.1 Å². The molecule has 1 aromatic heterocycles. The number of halogens is 1. The van der Waals surface area contributed by atoms with Crippen molar-refractivity contribution in [1.82, 2.24) is 5.16 Å². The first kappa shape index (κ1) is 17.0. The zero-order chi connectivity index (χ0) is 16.8. The summed E-state index contributed by atoms with van der Waals surface area (Å²) >= 11 is 0. The number of rotatable bonds is 4. The van der Waals surface area contributed by atoms with Crippen LogP contribution < -0.4 is 4.74 Å². The van der Waals surface area contributed by atoms with E-state index in [-0.39, 0.29) is 12.4 Å². The van der Waals surface area contributed by atoms with E-state index in [0.29, 0.717) is 17.0 Å². The molecule has 122 valence electrons. The molecule has 0 saturated heterocycles. The van der Waals surface area contributed by atoms with E-state index in [4.69, 9.17) is 9.26 Å². The molecule has 3 rings (SSSR count). The summed E-state index contributed by atoms with van der Waals surface area (Å²) in [7, 11) is 0. The summed E-state index contributed by atoms with van der Waals surface area (Å²) in [6.45, 7) is 5.90. The van der Waals surface area contributed by atoms with Crippen molar-refractivity contribution in [3.05, 3.63) is 48.3 Å². The summed E-state index contributed by atoms with van der Waals surface area (Å²) in [5.41, 5.74) is 1.93. The molecule has 0 spiro atoms. The number of hydrogen-bond donors (Lipinski definition) is 1. The first-order chi connectivity index (χ1) is 11.1. The van der Waals surface area contributed by atoms with Gasteiger partial charge in [0.25, 0.3) is 0 Å². The quantitative estimate of drug-likeness (QED) is 0.774. The molecule has 2 aromatic carbocycles. The number of nitrogens with zero attached hydrogens (tertiary/aromatic N) is 1. The fourth-order valence-corrected chi connectivity index (χ4v) is 2.05. The van der Waals surface area contributed by atoms with Crippen molar-refractivity contribution in [3.8, 4) is 17.0 Å². The standard InChI is InChI=1S/C16H14FNO3.C2H6/c1-10(19)9-20-13-5-2-11(3-6-13)16-14-7-4-12(17)8-15(14)21-18-16;1-2/h2-8,10,19H,9H2,1H3;1-2H3. The highest BCUT2D eigenvalue weighted by Gasteiger charge is 2.11. The van der Waals surface area contributed by atoms with Gasteiger partial charge in [-0.3, -0.25) is 0 Å². The highest BCUT2D eigenvalue weighted by atomic mass is 19.1. The number of aliphatic hydroxyl groups is 1. The summed E-state index contributed by atoms with van der Waals surface area (Å²) < 4.78 is 23.7. The smallest absolute Gasteiger partial charge is 0.170 e. The maximum atomic E-state index is 13.1. The van der Waals surface area contributed by atoms with Crippen molar-refractivity contribution in [2.75, 3.05) is 6.61 Å². The highest BCUT2D eigenvalue weighted by Crippen LogP contribution is 2.29. The van der Waals surface area contributed by atoms with Gasteiger partial charge in [0, 0.05) is 17.0 Å². The van der Waals surface area contributed by atoms with Gasteiger partial charge in [-0.1, -0.05) is 19.0 Å². The molecule has 0 fully saturated rings. The second-order valence-electron chi connectivity index (χ2n) is 4.86. The van der Waals surface area contributed by atoms with E-state index in [9.17, 15) is 9.50 Å². The van der Waals surface area contributed by atoms with E-state index < -0.39 is 6.10 Å². The fraction of sp³-hybridized carbons (Fsp3) is 0.278. The second kappa shape index (κ2) is 7.74. The predicted octanol–water partition coefficient (Wildman–Crippen LogP) is 4.42. The van der Waals surface area contributed by atoms with Crippen LogP contribution in [0.5, 0.6) is 5.75 Å². The predicted molar refractivity (Wildman–Crippen MR) is 87.9 cm³/mol. The lowest BCUT2D eigenvalue weighted by atomic mass is 10.1. The number of benzene rings is 2. The Balaban J connectivity index is 0.000000924. The van der Waals surface area contributed by atoms with E-state index in [0.717, 1.165) is 10.9 Å². The van der Waals surface area contributed by atoms with Gasteiger partial charge < -0.3 is 14.4 Å². The number of aliphatic hydroxyl groups excluding tert-OH is 1. The molecular formula is C18H20FNO3. The lowest BCUT2D eigenvalue weighted by molar-refractivity contribution is 0.123. The van der Waals surface area contributed by atoms with Gasteiger partial charge in [-0.15, -0.1) is 0 Å². The van der Waals surface area contributed by atoms with Gasteiger partial charge in [-0.05, 0) is 43.3 Å². The molecule has 1 atom stereocenters.